The molecule has 0 saturated carbocycles. The largest absolute Gasteiger partial charge is 0.497 e. The molecular formula is C16H14N4O4S. The molecule has 1 aliphatic rings. The molecule has 0 bridgehead atoms. The zero-order valence-corrected chi connectivity index (χ0v) is 14.0. The van der Waals surface area contributed by atoms with Gasteiger partial charge in [-0.1, -0.05) is 0 Å². The lowest BCUT2D eigenvalue weighted by molar-refractivity contribution is -0.124. The van der Waals surface area contributed by atoms with Crippen molar-refractivity contribution in [2.75, 3.05) is 7.11 Å². The van der Waals surface area contributed by atoms with Gasteiger partial charge in [-0.05, 0) is 18.2 Å². The molecule has 4 rings (SSSR count). The highest BCUT2D eigenvalue weighted by Gasteiger charge is 2.50. The van der Waals surface area contributed by atoms with Crippen LogP contribution in [0.15, 0.2) is 36.0 Å². The van der Waals surface area contributed by atoms with Gasteiger partial charge in [0.15, 0.2) is 11.4 Å². The first-order valence-corrected chi connectivity index (χ1v) is 8.31. The van der Waals surface area contributed by atoms with Crippen LogP contribution in [-0.2, 0) is 16.9 Å². The van der Waals surface area contributed by atoms with E-state index in [1.165, 1.54) is 15.9 Å². The fourth-order valence-corrected chi connectivity index (χ4v) is 3.77. The molecule has 3 N–H and O–H groups in total. The van der Waals surface area contributed by atoms with Crippen molar-refractivity contribution in [2.24, 2.45) is 0 Å². The molecule has 128 valence electrons. The second-order valence-electron chi connectivity index (χ2n) is 5.68. The number of aromatic hydroxyl groups is 1. The van der Waals surface area contributed by atoms with E-state index < -0.39 is 17.5 Å². The fraction of sp³-hybridized carbons (Fsp3) is 0.188. The van der Waals surface area contributed by atoms with E-state index >= 15 is 0 Å². The van der Waals surface area contributed by atoms with Gasteiger partial charge >= 0.3 is 6.03 Å². The topological polar surface area (TPSA) is 105 Å². The zero-order valence-electron chi connectivity index (χ0n) is 13.1. The maximum atomic E-state index is 12.5. The van der Waals surface area contributed by atoms with Gasteiger partial charge in [-0.15, -0.1) is 11.3 Å². The third-order valence-electron chi connectivity index (χ3n) is 4.21. The van der Waals surface area contributed by atoms with E-state index in [4.69, 9.17) is 4.74 Å². The van der Waals surface area contributed by atoms with Crippen LogP contribution in [0.4, 0.5) is 4.79 Å². The quantitative estimate of drug-likeness (QED) is 0.614. The number of hydrogen-bond donors (Lipinski definition) is 3. The summed E-state index contributed by atoms with van der Waals surface area (Å²) in [5.41, 5.74) is -1.36. The first kappa shape index (κ1) is 15.5. The van der Waals surface area contributed by atoms with Gasteiger partial charge in [-0.2, -0.15) is 0 Å². The van der Waals surface area contributed by atoms with Crippen LogP contribution in [0.3, 0.4) is 0 Å². The molecule has 25 heavy (non-hydrogen) atoms. The maximum absolute atomic E-state index is 12.5. The molecule has 3 aromatic rings. The molecule has 2 aromatic heterocycles. The van der Waals surface area contributed by atoms with Crippen molar-refractivity contribution >= 4 is 34.0 Å². The molecule has 1 fully saturated rings. The van der Waals surface area contributed by atoms with Gasteiger partial charge in [-0.3, -0.25) is 10.1 Å². The highest BCUT2D eigenvalue weighted by Crippen LogP contribution is 2.35. The van der Waals surface area contributed by atoms with Crippen LogP contribution in [-0.4, -0.2) is 33.7 Å². The minimum Gasteiger partial charge on any atom is -0.497 e. The Bertz CT molecular complexity index is 982. The van der Waals surface area contributed by atoms with Crippen LogP contribution in [0.25, 0.3) is 10.8 Å². The number of benzene rings is 1. The molecule has 0 unspecified atom stereocenters. The number of urea groups is 1. The number of nitrogens with one attached hydrogen (secondary N) is 2. The van der Waals surface area contributed by atoms with Gasteiger partial charge < -0.3 is 19.7 Å². The van der Waals surface area contributed by atoms with Gasteiger partial charge in [0.1, 0.15) is 10.8 Å². The van der Waals surface area contributed by atoms with E-state index in [2.05, 4.69) is 15.6 Å². The second kappa shape index (κ2) is 5.49. The second-order valence-corrected chi connectivity index (χ2v) is 6.58. The Morgan fingerprint density at radius 1 is 1.40 bits per heavy atom. The molecule has 8 nitrogen and oxygen atoms in total. The van der Waals surface area contributed by atoms with Crippen molar-refractivity contribution in [3.8, 4) is 11.6 Å². The Morgan fingerprint density at radius 2 is 2.24 bits per heavy atom. The summed E-state index contributed by atoms with van der Waals surface area (Å²) in [7, 11) is 1.55. The summed E-state index contributed by atoms with van der Waals surface area (Å²) in [6.07, 6.45) is 3.29. The standard InChI is InChI=1S/C16H14N4O4S/c1-24-10-3-2-9-7-20(12(21)11(9)6-10)8-16(14-17-4-5-25-14)13(22)18-15(23)19-16/h2-7,21H,8H2,1H3,(H2,18,19,22,23)/t16-/m1/s1. The average Bonchev–Trinajstić information content (AvgIpc) is 3.29. The minimum atomic E-state index is -1.36. The lowest BCUT2D eigenvalue weighted by Crippen LogP contribution is -2.47. The zero-order chi connectivity index (χ0) is 17.6. The minimum absolute atomic E-state index is 0.0148. The number of rotatable bonds is 4. The lowest BCUT2D eigenvalue weighted by Gasteiger charge is -2.24. The monoisotopic (exact) mass is 358 g/mol. The molecule has 0 radical (unpaired) electrons. The van der Waals surface area contributed by atoms with Crippen molar-refractivity contribution in [2.45, 2.75) is 12.1 Å². The van der Waals surface area contributed by atoms with Crippen LogP contribution >= 0.6 is 11.3 Å². The SMILES string of the molecule is COc1ccc2cn(C[C@@]3(c4nccs4)NC(=O)NC3=O)c(O)c2c1. The van der Waals surface area contributed by atoms with Crippen molar-refractivity contribution in [1.82, 2.24) is 20.2 Å². The van der Waals surface area contributed by atoms with Crippen LogP contribution in [0.2, 0.25) is 0 Å². The van der Waals surface area contributed by atoms with E-state index in [1.54, 1.807) is 37.0 Å². The van der Waals surface area contributed by atoms with Crippen LogP contribution in [0.5, 0.6) is 11.6 Å². The fourth-order valence-electron chi connectivity index (χ4n) is 2.98. The van der Waals surface area contributed by atoms with Crippen molar-refractivity contribution in [3.63, 3.8) is 0 Å². The number of carbonyl (C=O) groups excluding carboxylic acids is 2. The molecule has 1 aliphatic heterocycles. The maximum Gasteiger partial charge on any atom is 0.322 e. The summed E-state index contributed by atoms with van der Waals surface area (Å²) < 4.78 is 6.70. The number of methoxy groups -OCH3 is 1. The molecule has 3 heterocycles. The molecule has 1 saturated heterocycles. The Morgan fingerprint density at radius 3 is 2.88 bits per heavy atom. The van der Waals surface area contributed by atoms with Gasteiger partial charge in [0, 0.05) is 28.5 Å². The highest BCUT2D eigenvalue weighted by atomic mass is 32.1. The Labute approximate surface area is 146 Å². The molecule has 1 atom stereocenters. The molecule has 1 aromatic carbocycles. The summed E-state index contributed by atoms with van der Waals surface area (Å²) in [6.45, 7) is 0.0148. The number of ether oxygens (including phenoxy) is 1. The van der Waals surface area contributed by atoms with E-state index in [1.807, 2.05) is 6.07 Å². The normalized spacial score (nSPS) is 19.9. The van der Waals surface area contributed by atoms with Crippen LogP contribution < -0.4 is 15.4 Å². The third-order valence-corrected chi connectivity index (χ3v) is 5.15. The summed E-state index contributed by atoms with van der Waals surface area (Å²) in [5.74, 6) is 0.100. The number of imide groups is 1. The summed E-state index contributed by atoms with van der Waals surface area (Å²) >= 11 is 1.26. The van der Waals surface area contributed by atoms with Gasteiger partial charge in [0.2, 0.25) is 0 Å². The number of hydrogen-bond acceptors (Lipinski definition) is 6. The van der Waals surface area contributed by atoms with Crippen LogP contribution in [0, 0.1) is 0 Å². The number of thiazole rings is 1. The van der Waals surface area contributed by atoms with Crippen LogP contribution in [0.1, 0.15) is 5.01 Å². The number of carbonyl (C=O) groups is 2. The van der Waals surface area contributed by atoms with Crippen molar-refractivity contribution < 1.29 is 19.4 Å². The predicted octanol–water partition coefficient (Wildman–Crippen LogP) is 1.55. The number of nitrogens with zero attached hydrogens (tertiary/aromatic N) is 2. The van der Waals surface area contributed by atoms with Gasteiger partial charge in [0.05, 0.1) is 13.7 Å². The van der Waals surface area contributed by atoms with E-state index in [9.17, 15) is 14.7 Å². The number of aromatic nitrogens is 2. The highest BCUT2D eigenvalue weighted by molar-refractivity contribution is 7.09. The predicted molar refractivity (Wildman–Crippen MR) is 90.6 cm³/mol. The number of amides is 3. The molecular weight excluding hydrogens is 344 g/mol. The Balaban J connectivity index is 1.82. The summed E-state index contributed by atoms with van der Waals surface area (Å²) in [5, 5.41) is 19.0. The van der Waals surface area contributed by atoms with E-state index in [0.717, 1.165) is 5.39 Å². The van der Waals surface area contributed by atoms with Crippen molar-refractivity contribution in [1.29, 1.82) is 0 Å². The van der Waals surface area contributed by atoms with Gasteiger partial charge in [0.25, 0.3) is 5.91 Å². The smallest absolute Gasteiger partial charge is 0.322 e. The van der Waals surface area contributed by atoms with E-state index in [-0.39, 0.29) is 12.4 Å². The van der Waals surface area contributed by atoms with Crippen molar-refractivity contribution in [3.05, 3.63) is 41.0 Å². The average molecular weight is 358 g/mol. The Hall–Kier alpha value is -3.07. The first-order chi connectivity index (χ1) is 12.0. The molecule has 9 heteroatoms. The lowest BCUT2D eigenvalue weighted by atomic mass is 10.0. The molecule has 3 amide bonds. The Kier molecular flexibility index (Phi) is 3.39. The van der Waals surface area contributed by atoms with Gasteiger partial charge in [-0.25, -0.2) is 9.78 Å². The molecule has 0 aliphatic carbocycles. The van der Waals surface area contributed by atoms with E-state index in [0.29, 0.717) is 16.1 Å². The summed E-state index contributed by atoms with van der Waals surface area (Å²) in [4.78, 5) is 28.4. The summed E-state index contributed by atoms with van der Waals surface area (Å²) in [6, 6.07) is 4.73. The number of fused-ring (bicyclic) bond motifs is 1. The molecule has 0 spiro atoms. The first-order valence-electron chi connectivity index (χ1n) is 7.43. The third kappa shape index (κ3) is 2.31.